The topological polar surface area (TPSA) is 54.9 Å². The van der Waals surface area contributed by atoms with Gasteiger partial charge in [-0.25, -0.2) is 0 Å². The molecule has 2 fully saturated rings. The summed E-state index contributed by atoms with van der Waals surface area (Å²) >= 11 is 0. The maximum Gasteiger partial charge on any atom is 0.191 e. The second kappa shape index (κ2) is 8.09. The van der Waals surface area contributed by atoms with Gasteiger partial charge in [-0.3, -0.25) is 4.99 Å². The second-order valence-corrected chi connectivity index (χ2v) is 6.93. The van der Waals surface area contributed by atoms with E-state index < -0.39 is 0 Å². The zero-order valence-corrected chi connectivity index (χ0v) is 15.7. The Morgan fingerprint density at radius 1 is 1.24 bits per heavy atom. The molecular weight excluding hydrogens is 314 g/mol. The molecule has 25 heavy (non-hydrogen) atoms. The minimum absolute atomic E-state index is 0.330. The predicted octanol–water partition coefficient (Wildman–Crippen LogP) is 3.10. The van der Waals surface area contributed by atoms with Crippen molar-refractivity contribution in [1.29, 1.82) is 0 Å². The van der Waals surface area contributed by atoms with Crippen molar-refractivity contribution in [2.75, 3.05) is 20.3 Å². The van der Waals surface area contributed by atoms with Crippen LogP contribution in [0.3, 0.4) is 0 Å². The molecule has 0 heterocycles. The first-order valence-electron chi connectivity index (χ1n) is 9.53. The molecule has 3 rings (SSSR count). The molecule has 0 bridgehead atoms. The molecule has 2 N–H and O–H groups in total. The Bertz CT molecular complexity index is 598. The van der Waals surface area contributed by atoms with Crippen molar-refractivity contribution in [2.24, 2.45) is 10.4 Å². The van der Waals surface area contributed by atoms with Gasteiger partial charge in [-0.1, -0.05) is 24.6 Å². The van der Waals surface area contributed by atoms with Crippen molar-refractivity contribution >= 4 is 5.96 Å². The van der Waals surface area contributed by atoms with E-state index in [2.05, 4.69) is 28.6 Å². The third kappa shape index (κ3) is 3.61. The van der Waals surface area contributed by atoms with E-state index in [9.17, 15) is 0 Å². The Hall–Kier alpha value is -1.75. The van der Waals surface area contributed by atoms with Gasteiger partial charge in [0.05, 0.1) is 12.7 Å². The third-order valence-electron chi connectivity index (χ3n) is 5.69. The smallest absolute Gasteiger partial charge is 0.191 e. The van der Waals surface area contributed by atoms with E-state index in [1.54, 1.807) is 0 Å². The molecule has 2 aliphatic carbocycles. The highest BCUT2D eigenvalue weighted by Crippen LogP contribution is 2.57. The molecule has 0 radical (unpaired) electrons. The number of nitrogens with zero attached hydrogens (tertiary/aromatic N) is 1. The summed E-state index contributed by atoms with van der Waals surface area (Å²) in [6.07, 6.45) is 5.33. The van der Waals surface area contributed by atoms with Crippen molar-refractivity contribution in [2.45, 2.75) is 58.2 Å². The summed E-state index contributed by atoms with van der Waals surface area (Å²) in [5, 5.41) is 7.06. The van der Waals surface area contributed by atoms with Crippen LogP contribution < -0.4 is 15.4 Å². The number of hydrogen-bond donors (Lipinski definition) is 2. The predicted molar refractivity (Wildman–Crippen MR) is 101 cm³/mol. The fourth-order valence-corrected chi connectivity index (χ4v) is 4.13. The molecule has 5 nitrogen and oxygen atoms in total. The maximum absolute atomic E-state index is 5.94. The van der Waals surface area contributed by atoms with E-state index in [0.29, 0.717) is 30.7 Å². The second-order valence-electron chi connectivity index (χ2n) is 6.93. The summed E-state index contributed by atoms with van der Waals surface area (Å²) in [6.45, 7) is 6.27. The Morgan fingerprint density at radius 2 is 2.04 bits per heavy atom. The molecule has 2 saturated carbocycles. The van der Waals surface area contributed by atoms with Crippen LogP contribution in [0.1, 0.15) is 45.1 Å². The molecule has 0 aliphatic heterocycles. The van der Waals surface area contributed by atoms with E-state index in [1.807, 2.05) is 32.2 Å². The number of hydrogen-bond acceptors (Lipinski definition) is 3. The highest BCUT2D eigenvalue weighted by molar-refractivity contribution is 5.80. The maximum atomic E-state index is 5.94. The van der Waals surface area contributed by atoms with Crippen LogP contribution >= 0.6 is 0 Å². The monoisotopic (exact) mass is 345 g/mol. The number of benzene rings is 1. The number of guanidine groups is 1. The van der Waals surface area contributed by atoms with Crippen molar-refractivity contribution < 1.29 is 9.47 Å². The molecule has 1 aromatic carbocycles. The third-order valence-corrected chi connectivity index (χ3v) is 5.69. The average molecular weight is 345 g/mol. The van der Waals surface area contributed by atoms with Crippen LogP contribution in [0.2, 0.25) is 0 Å². The summed E-state index contributed by atoms with van der Waals surface area (Å²) < 4.78 is 11.6. The van der Waals surface area contributed by atoms with Crippen LogP contribution in [0, 0.1) is 5.41 Å². The summed E-state index contributed by atoms with van der Waals surface area (Å²) in [4.78, 5) is 4.41. The molecular formula is C20H31N3O2. The molecule has 1 aromatic rings. The van der Waals surface area contributed by atoms with Gasteiger partial charge in [-0.15, -0.1) is 0 Å². The highest BCUT2D eigenvalue weighted by Gasteiger charge is 2.59. The van der Waals surface area contributed by atoms with E-state index in [0.717, 1.165) is 30.3 Å². The molecule has 0 amide bonds. The van der Waals surface area contributed by atoms with Gasteiger partial charge in [-0.2, -0.15) is 0 Å². The van der Waals surface area contributed by atoms with Gasteiger partial charge < -0.3 is 20.1 Å². The van der Waals surface area contributed by atoms with Gasteiger partial charge in [0.2, 0.25) is 0 Å². The van der Waals surface area contributed by atoms with Crippen LogP contribution in [0.4, 0.5) is 0 Å². The number of para-hydroxylation sites is 1. The molecule has 0 aromatic heterocycles. The van der Waals surface area contributed by atoms with E-state index in [1.165, 1.54) is 19.3 Å². The lowest BCUT2D eigenvalue weighted by atomic mass is 9.51. The lowest BCUT2D eigenvalue weighted by Gasteiger charge is -2.61. The van der Waals surface area contributed by atoms with Crippen LogP contribution in [-0.4, -0.2) is 38.4 Å². The largest absolute Gasteiger partial charge is 0.494 e. The highest BCUT2D eigenvalue weighted by atomic mass is 16.5. The van der Waals surface area contributed by atoms with Gasteiger partial charge >= 0.3 is 0 Å². The van der Waals surface area contributed by atoms with Gasteiger partial charge in [-0.05, 0) is 39.2 Å². The molecule has 2 atom stereocenters. The summed E-state index contributed by atoms with van der Waals surface area (Å²) in [5.41, 5.74) is 1.48. The summed E-state index contributed by atoms with van der Waals surface area (Å²) in [7, 11) is 1.83. The van der Waals surface area contributed by atoms with Crippen LogP contribution in [0.25, 0.3) is 0 Å². The zero-order chi connectivity index (χ0) is 17.7. The number of aliphatic imine (C=N–C) groups is 1. The average Bonchev–Trinajstić information content (AvgIpc) is 2.56. The first-order chi connectivity index (χ1) is 12.2. The van der Waals surface area contributed by atoms with E-state index in [4.69, 9.17) is 9.47 Å². The minimum atomic E-state index is 0.330. The van der Waals surface area contributed by atoms with Gasteiger partial charge in [0, 0.05) is 37.2 Å². The number of nitrogens with one attached hydrogen (secondary N) is 2. The first-order valence-corrected chi connectivity index (χ1v) is 9.53. The standard InChI is InChI=1S/C20H31N3O2/c1-4-24-16-10-7-6-9-15(16)14-22-19(21-3)23-17-13-18(25-5-2)20(17)11-8-12-20/h6-7,9-10,17-18H,4-5,8,11-14H2,1-3H3,(H2,21,22,23). The quantitative estimate of drug-likeness (QED) is 0.589. The van der Waals surface area contributed by atoms with Crippen LogP contribution in [-0.2, 0) is 11.3 Å². The molecule has 2 aliphatic rings. The van der Waals surface area contributed by atoms with Gasteiger partial charge in [0.1, 0.15) is 5.75 Å². The fraction of sp³-hybridized carbons (Fsp3) is 0.650. The number of ether oxygens (including phenoxy) is 2. The van der Waals surface area contributed by atoms with Gasteiger partial charge in [0.15, 0.2) is 5.96 Å². The van der Waals surface area contributed by atoms with E-state index >= 15 is 0 Å². The Kier molecular flexibility index (Phi) is 5.84. The van der Waals surface area contributed by atoms with Crippen LogP contribution in [0.5, 0.6) is 5.75 Å². The van der Waals surface area contributed by atoms with Crippen molar-refractivity contribution in [1.82, 2.24) is 10.6 Å². The lowest BCUT2D eigenvalue weighted by molar-refractivity contribution is -0.168. The Balaban J connectivity index is 1.56. The Morgan fingerprint density at radius 3 is 2.68 bits per heavy atom. The lowest BCUT2D eigenvalue weighted by Crippen LogP contribution is -2.68. The van der Waals surface area contributed by atoms with Crippen LogP contribution in [0.15, 0.2) is 29.3 Å². The SMILES string of the molecule is CCOc1ccccc1CNC(=NC)NC1CC(OCC)C12CCC2. The molecule has 0 saturated heterocycles. The molecule has 2 unspecified atom stereocenters. The first kappa shape index (κ1) is 18.1. The summed E-state index contributed by atoms with van der Waals surface area (Å²) in [6, 6.07) is 8.61. The number of rotatable bonds is 7. The normalized spacial score (nSPS) is 24.4. The molecule has 5 heteroatoms. The van der Waals surface area contributed by atoms with Crippen molar-refractivity contribution in [3.05, 3.63) is 29.8 Å². The molecule has 138 valence electrons. The Labute approximate surface area is 151 Å². The molecule has 1 spiro atoms. The fourth-order valence-electron chi connectivity index (χ4n) is 4.13. The summed E-state index contributed by atoms with van der Waals surface area (Å²) in [5.74, 6) is 1.79. The zero-order valence-electron chi connectivity index (χ0n) is 15.7. The minimum Gasteiger partial charge on any atom is -0.494 e. The van der Waals surface area contributed by atoms with E-state index in [-0.39, 0.29) is 0 Å². The van der Waals surface area contributed by atoms with Crippen molar-refractivity contribution in [3.63, 3.8) is 0 Å². The van der Waals surface area contributed by atoms with Crippen molar-refractivity contribution in [3.8, 4) is 5.75 Å². The van der Waals surface area contributed by atoms with Gasteiger partial charge in [0.25, 0.3) is 0 Å².